The molecule has 0 bridgehead atoms. The van der Waals surface area contributed by atoms with Gasteiger partial charge in [0, 0.05) is 18.4 Å². The fraction of sp³-hybridized carbons (Fsp3) is 0.533. The lowest BCUT2D eigenvalue weighted by molar-refractivity contribution is -0.168. The number of carbonyl (C=O) groups is 2. The van der Waals surface area contributed by atoms with Gasteiger partial charge in [-0.2, -0.15) is 0 Å². The Morgan fingerprint density at radius 3 is 1.84 bits per heavy atom. The van der Waals surface area contributed by atoms with Gasteiger partial charge in [0.1, 0.15) is 16.1 Å². The summed E-state index contributed by atoms with van der Waals surface area (Å²) in [4.78, 5) is 26.6. The minimum absolute atomic E-state index is 0.169. The van der Waals surface area contributed by atoms with Gasteiger partial charge in [-0.05, 0) is 49.7 Å². The van der Waals surface area contributed by atoms with Gasteiger partial charge < -0.3 is 19.2 Å². The van der Waals surface area contributed by atoms with E-state index in [2.05, 4.69) is 38.2 Å². The first-order valence-corrected chi connectivity index (χ1v) is 13.8. The number of ether oxygens (including phenoxy) is 2. The number of hydrogen-bond acceptors (Lipinski definition) is 5. The van der Waals surface area contributed by atoms with Gasteiger partial charge in [-0.15, -0.1) is 0 Å². The van der Waals surface area contributed by atoms with Crippen molar-refractivity contribution in [3.63, 3.8) is 0 Å². The molecule has 4 atom stereocenters. The maximum absolute atomic E-state index is 13.5. The largest absolute Gasteiger partial charge is 0.467 e. The van der Waals surface area contributed by atoms with E-state index in [1.165, 1.54) is 7.11 Å². The van der Waals surface area contributed by atoms with Crippen molar-refractivity contribution in [2.45, 2.75) is 78.6 Å². The molecule has 2 rings (SSSR count). The average Bonchev–Trinajstić information content (AvgIpc) is 2.81. The minimum atomic E-state index is -1.20. The van der Waals surface area contributed by atoms with Crippen molar-refractivity contribution in [2.75, 3.05) is 7.11 Å². The predicted molar refractivity (Wildman–Crippen MR) is 151 cm³/mol. The highest BCUT2D eigenvalue weighted by atomic mass is 28.2. The van der Waals surface area contributed by atoms with Crippen molar-refractivity contribution in [3.05, 3.63) is 71.8 Å². The van der Waals surface area contributed by atoms with Crippen LogP contribution in [0.1, 0.15) is 59.6 Å². The third-order valence-electron chi connectivity index (χ3n) is 6.91. The normalized spacial score (nSPS) is 16.2. The summed E-state index contributed by atoms with van der Waals surface area (Å²) in [6, 6.07) is 19.6. The second kappa shape index (κ2) is 12.7. The second-order valence-corrected chi connectivity index (χ2v) is 12.3. The monoisotopic (exact) mass is 527 g/mol. The number of amides is 1. The number of rotatable bonds is 10. The van der Waals surface area contributed by atoms with E-state index in [1.807, 2.05) is 76.2 Å². The van der Waals surface area contributed by atoms with Crippen molar-refractivity contribution < 1.29 is 23.5 Å². The van der Waals surface area contributed by atoms with Gasteiger partial charge in [-0.25, -0.2) is 9.59 Å². The van der Waals surface area contributed by atoms with Crippen molar-refractivity contribution in [1.82, 2.24) is 5.32 Å². The van der Waals surface area contributed by atoms with E-state index >= 15 is 0 Å². The Balaban J connectivity index is 2.61. The Kier molecular flexibility index (Phi) is 10.5. The molecular formula is C30H45NO5Si. The SMILES string of the molecule is COC(=O)[C@](Cc1ccccc1)(O[SiH3])C(C)[C@H]([C@H](Cc1ccccc1)NC(=O)OC(C)(C)C)C(C)(C)C. The summed E-state index contributed by atoms with van der Waals surface area (Å²) in [7, 11) is 1.75. The van der Waals surface area contributed by atoms with Crippen molar-refractivity contribution in [1.29, 1.82) is 0 Å². The third-order valence-corrected chi connectivity index (χ3v) is 7.64. The van der Waals surface area contributed by atoms with E-state index in [4.69, 9.17) is 13.9 Å². The lowest BCUT2D eigenvalue weighted by atomic mass is 9.62. The molecule has 0 heterocycles. The number of benzene rings is 2. The zero-order chi connectivity index (χ0) is 27.9. The Bertz CT molecular complexity index is 1000. The molecule has 0 aromatic heterocycles. The molecule has 37 heavy (non-hydrogen) atoms. The Hall–Kier alpha value is -2.64. The standard InChI is InChI=1S/C30H45NO5Si/c1-21(30(36-37,26(32)34-8)20-23-17-13-10-14-18-23)25(28(2,3)4)24(19-22-15-11-9-12-16-22)31-27(33)35-29(5,6)7/h9-18,21,24-25H,19-20H2,1-8,37H3,(H,31,33)/t21?,24-,25+,30+/m0/s1. The highest BCUT2D eigenvalue weighted by Crippen LogP contribution is 2.43. The van der Waals surface area contributed by atoms with Crippen LogP contribution >= 0.6 is 0 Å². The Morgan fingerprint density at radius 1 is 0.892 bits per heavy atom. The fourth-order valence-corrected chi connectivity index (χ4v) is 6.10. The maximum Gasteiger partial charge on any atom is 0.407 e. The molecule has 6 nitrogen and oxygen atoms in total. The number of nitrogens with one attached hydrogen (secondary N) is 1. The minimum Gasteiger partial charge on any atom is -0.467 e. The molecule has 0 saturated heterocycles. The summed E-state index contributed by atoms with van der Waals surface area (Å²) in [6.45, 7) is 14.0. The Morgan fingerprint density at radius 2 is 1.41 bits per heavy atom. The topological polar surface area (TPSA) is 73.9 Å². The van der Waals surface area contributed by atoms with E-state index in [0.29, 0.717) is 23.3 Å². The van der Waals surface area contributed by atoms with Gasteiger partial charge in [0.15, 0.2) is 5.60 Å². The molecule has 0 fully saturated rings. The van der Waals surface area contributed by atoms with Gasteiger partial charge in [0.2, 0.25) is 0 Å². The summed E-state index contributed by atoms with van der Waals surface area (Å²) in [5.41, 5.74) is -0.0632. The summed E-state index contributed by atoms with van der Waals surface area (Å²) in [5.74, 6) is -0.873. The summed E-state index contributed by atoms with van der Waals surface area (Å²) < 4.78 is 17.3. The summed E-state index contributed by atoms with van der Waals surface area (Å²) >= 11 is 0. The third kappa shape index (κ3) is 8.43. The van der Waals surface area contributed by atoms with Crippen LogP contribution in [0, 0.1) is 17.3 Å². The van der Waals surface area contributed by atoms with Crippen LogP contribution in [-0.2, 0) is 31.5 Å². The Labute approximate surface area is 226 Å². The quantitative estimate of drug-likeness (QED) is 0.352. The van der Waals surface area contributed by atoms with E-state index in [9.17, 15) is 9.59 Å². The fourth-order valence-electron chi connectivity index (χ4n) is 5.42. The van der Waals surface area contributed by atoms with Crippen LogP contribution in [0.25, 0.3) is 0 Å². The zero-order valence-corrected chi connectivity index (χ0v) is 26.0. The molecule has 0 aliphatic rings. The molecule has 0 saturated carbocycles. The highest BCUT2D eigenvalue weighted by Gasteiger charge is 2.52. The van der Waals surface area contributed by atoms with Crippen LogP contribution in [0.4, 0.5) is 4.79 Å². The second-order valence-electron chi connectivity index (χ2n) is 11.9. The number of esters is 1. The summed E-state index contributed by atoms with van der Waals surface area (Å²) in [6.07, 6.45) is 0.478. The van der Waals surface area contributed by atoms with Crippen LogP contribution in [0.2, 0.25) is 0 Å². The molecular weight excluding hydrogens is 482 g/mol. The van der Waals surface area contributed by atoms with Crippen LogP contribution < -0.4 is 5.32 Å². The van der Waals surface area contributed by atoms with Gasteiger partial charge in [-0.1, -0.05) is 88.4 Å². The number of methoxy groups -OCH3 is 1. The van der Waals surface area contributed by atoms with E-state index in [0.717, 1.165) is 11.1 Å². The van der Waals surface area contributed by atoms with Crippen molar-refractivity contribution in [2.24, 2.45) is 17.3 Å². The van der Waals surface area contributed by atoms with Crippen LogP contribution in [-0.4, -0.2) is 46.9 Å². The first-order chi connectivity index (χ1) is 17.2. The molecule has 0 spiro atoms. The molecule has 204 valence electrons. The van der Waals surface area contributed by atoms with Crippen molar-refractivity contribution >= 4 is 22.5 Å². The molecule has 1 amide bonds. The molecule has 0 aliphatic heterocycles. The maximum atomic E-state index is 13.5. The molecule has 1 N–H and O–H groups in total. The van der Waals surface area contributed by atoms with Crippen molar-refractivity contribution in [3.8, 4) is 0 Å². The molecule has 0 radical (unpaired) electrons. The van der Waals surface area contributed by atoms with E-state index in [1.54, 1.807) is 0 Å². The highest BCUT2D eigenvalue weighted by molar-refractivity contribution is 6.00. The lowest BCUT2D eigenvalue weighted by Crippen LogP contribution is -2.59. The van der Waals surface area contributed by atoms with Gasteiger partial charge in [-0.3, -0.25) is 0 Å². The van der Waals surface area contributed by atoms with Gasteiger partial charge >= 0.3 is 12.1 Å². The molecule has 1 unspecified atom stereocenters. The average molecular weight is 528 g/mol. The first kappa shape index (κ1) is 30.6. The number of alkyl carbamates (subject to hydrolysis) is 1. The predicted octanol–water partition coefficient (Wildman–Crippen LogP) is 4.87. The number of carbonyl (C=O) groups excluding carboxylic acids is 2. The van der Waals surface area contributed by atoms with Gasteiger partial charge in [0.25, 0.3) is 0 Å². The molecule has 2 aromatic rings. The molecule has 2 aromatic carbocycles. The molecule has 0 aliphatic carbocycles. The molecule has 7 heteroatoms. The van der Waals surface area contributed by atoms with Crippen LogP contribution in [0.15, 0.2) is 60.7 Å². The van der Waals surface area contributed by atoms with E-state index in [-0.39, 0.29) is 23.3 Å². The first-order valence-electron chi connectivity index (χ1n) is 12.9. The summed E-state index contributed by atoms with van der Waals surface area (Å²) in [5, 5.41) is 3.17. The lowest BCUT2D eigenvalue weighted by Gasteiger charge is -2.48. The zero-order valence-electron chi connectivity index (χ0n) is 24.0. The smallest absolute Gasteiger partial charge is 0.407 e. The van der Waals surface area contributed by atoms with Gasteiger partial charge in [0.05, 0.1) is 7.11 Å². The van der Waals surface area contributed by atoms with Crippen LogP contribution in [0.5, 0.6) is 0 Å². The van der Waals surface area contributed by atoms with E-state index < -0.39 is 23.3 Å². The van der Waals surface area contributed by atoms with Crippen LogP contribution in [0.3, 0.4) is 0 Å². The number of hydrogen-bond donors (Lipinski definition) is 1.